The van der Waals surface area contributed by atoms with Crippen LogP contribution in [0.1, 0.15) is 38.3 Å². The number of nitrogens with two attached hydrogens (primary N) is 1. The van der Waals surface area contributed by atoms with Crippen LogP contribution in [0.4, 0.5) is 5.95 Å². The molecule has 1 unspecified atom stereocenters. The molecule has 1 aliphatic rings. The third kappa shape index (κ3) is 9.56. The van der Waals surface area contributed by atoms with Gasteiger partial charge in [-0.25, -0.2) is 9.78 Å². The van der Waals surface area contributed by atoms with E-state index in [0.717, 1.165) is 11.1 Å². The molecule has 3 amide bonds. The number of fused-ring (bicyclic) bond motifs is 2. The fraction of sp³-hybridized carbons (Fsp3) is 0.364. The zero-order chi connectivity index (χ0) is 35.3. The van der Waals surface area contributed by atoms with Gasteiger partial charge in [-0.05, 0) is 23.3 Å². The predicted octanol–water partition coefficient (Wildman–Crippen LogP) is 1.34. The number of aromatic amines is 1. The van der Waals surface area contributed by atoms with Crippen LogP contribution in [0.25, 0.3) is 11.2 Å². The summed E-state index contributed by atoms with van der Waals surface area (Å²) < 4.78 is 27.9. The Hall–Kier alpha value is -5.49. The summed E-state index contributed by atoms with van der Waals surface area (Å²) in [4.78, 5) is 65.2. The second-order valence-corrected chi connectivity index (χ2v) is 10.9. The first-order valence-corrected chi connectivity index (χ1v) is 15.8. The van der Waals surface area contributed by atoms with Crippen molar-refractivity contribution in [1.82, 2.24) is 30.2 Å². The summed E-state index contributed by atoms with van der Waals surface area (Å²) in [7, 11) is 0. The van der Waals surface area contributed by atoms with E-state index in [9.17, 15) is 24.3 Å². The maximum absolute atomic E-state index is 12.6. The Kier molecular flexibility index (Phi) is 12.7. The molecule has 0 radical (unpaired) electrons. The first-order valence-electron chi connectivity index (χ1n) is 15.8. The van der Waals surface area contributed by atoms with Gasteiger partial charge in [0.05, 0.1) is 76.7 Å². The SMILES string of the molecule is Nc1nc(OCc2ccc(COCCOCCOCCOCCNC(=O)CC(C(=O)O)N3C(=O)c4ccccc4C3=O)cc2)c2[nH]cnc2n1. The van der Waals surface area contributed by atoms with E-state index in [1.54, 1.807) is 12.1 Å². The summed E-state index contributed by atoms with van der Waals surface area (Å²) in [5.41, 5.74) is 8.93. The van der Waals surface area contributed by atoms with Crippen LogP contribution in [0.2, 0.25) is 0 Å². The molecule has 4 aromatic rings. The van der Waals surface area contributed by atoms with E-state index in [1.165, 1.54) is 18.5 Å². The molecule has 264 valence electrons. The number of nitrogens with one attached hydrogen (secondary N) is 2. The molecular weight excluding hydrogens is 654 g/mol. The number of aromatic nitrogens is 4. The average molecular weight is 692 g/mol. The molecule has 1 aliphatic heterocycles. The van der Waals surface area contributed by atoms with Crippen molar-refractivity contribution in [2.75, 3.05) is 58.5 Å². The summed E-state index contributed by atoms with van der Waals surface area (Å²) in [6.45, 7) is 3.18. The first-order chi connectivity index (χ1) is 24.3. The Balaban J connectivity index is 0.844. The molecule has 17 heteroatoms. The highest BCUT2D eigenvalue weighted by atomic mass is 16.6. The number of hydrogen-bond donors (Lipinski definition) is 4. The van der Waals surface area contributed by atoms with Crippen LogP contribution in [0.3, 0.4) is 0 Å². The lowest BCUT2D eigenvalue weighted by atomic mass is 10.1. The summed E-state index contributed by atoms with van der Waals surface area (Å²) in [5, 5.41) is 12.1. The number of carboxylic acid groups (broad SMARTS) is 1. The number of carboxylic acids is 1. The second-order valence-electron chi connectivity index (χ2n) is 10.9. The smallest absolute Gasteiger partial charge is 0.327 e. The number of nitrogen functional groups attached to an aromatic ring is 1. The number of nitrogens with zero attached hydrogens (tertiary/aromatic N) is 4. The van der Waals surface area contributed by atoms with Gasteiger partial charge in [-0.15, -0.1) is 0 Å². The van der Waals surface area contributed by atoms with Gasteiger partial charge in [-0.1, -0.05) is 36.4 Å². The Morgan fingerprint density at radius 2 is 1.40 bits per heavy atom. The summed E-state index contributed by atoms with van der Waals surface area (Å²) >= 11 is 0. The lowest BCUT2D eigenvalue weighted by Gasteiger charge is -2.22. The van der Waals surface area contributed by atoms with Crippen LogP contribution < -0.4 is 15.8 Å². The van der Waals surface area contributed by atoms with Crippen molar-refractivity contribution in [3.63, 3.8) is 0 Å². The Morgan fingerprint density at radius 1 is 0.820 bits per heavy atom. The van der Waals surface area contributed by atoms with Crippen molar-refractivity contribution in [3.05, 3.63) is 77.1 Å². The Bertz CT molecular complexity index is 1750. The average Bonchev–Trinajstić information content (AvgIpc) is 3.68. The molecule has 0 bridgehead atoms. The molecule has 17 nitrogen and oxygen atoms in total. The first kappa shape index (κ1) is 35.8. The molecule has 0 saturated carbocycles. The van der Waals surface area contributed by atoms with Gasteiger partial charge in [0.2, 0.25) is 17.7 Å². The molecule has 1 atom stereocenters. The number of hydrogen-bond acceptors (Lipinski definition) is 13. The van der Waals surface area contributed by atoms with Crippen LogP contribution in [0, 0.1) is 0 Å². The van der Waals surface area contributed by atoms with Gasteiger partial charge in [-0.2, -0.15) is 9.97 Å². The van der Waals surface area contributed by atoms with Crippen molar-refractivity contribution >= 4 is 40.8 Å². The molecular formula is C33H37N7O10. The standard InChI is InChI=1S/C33H37N7O10/c34-33-38-28-27(36-20-37-28)29(39-33)50-19-22-7-5-21(6-8-22)18-49-16-15-48-14-13-47-12-11-46-10-9-35-26(41)17-25(32(44)45)40-30(42)23-3-1-2-4-24(23)31(40)43/h1-8,20,25H,9-19H2,(H,35,41)(H,44,45)(H3,34,36,37,38,39). The number of H-pyrrole nitrogens is 1. The molecule has 5 rings (SSSR count). The fourth-order valence-electron chi connectivity index (χ4n) is 4.95. The van der Waals surface area contributed by atoms with Crippen LogP contribution in [-0.2, 0) is 41.8 Å². The third-order valence-corrected chi connectivity index (χ3v) is 7.42. The van der Waals surface area contributed by atoms with E-state index in [-0.39, 0.29) is 36.8 Å². The van der Waals surface area contributed by atoms with Crippen LogP contribution in [0.5, 0.6) is 5.88 Å². The van der Waals surface area contributed by atoms with Gasteiger partial charge in [-0.3, -0.25) is 19.3 Å². The van der Waals surface area contributed by atoms with Gasteiger partial charge >= 0.3 is 5.97 Å². The predicted molar refractivity (Wildman–Crippen MR) is 175 cm³/mol. The second kappa shape index (κ2) is 17.8. The molecule has 50 heavy (non-hydrogen) atoms. The highest BCUT2D eigenvalue weighted by Crippen LogP contribution is 2.26. The topological polar surface area (TPSA) is 230 Å². The van der Waals surface area contributed by atoms with E-state index in [4.69, 9.17) is 29.4 Å². The van der Waals surface area contributed by atoms with Crippen LogP contribution in [0.15, 0.2) is 54.9 Å². The van der Waals surface area contributed by atoms with Crippen molar-refractivity contribution in [1.29, 1.82) is 0 Å². The maximum atomic E-state index is 12.6. The minimum Gasteiger partial charge on any atom is -0.480 e. The molecule has 0 fully saturated rings. The highest BCUT2D eigenvalue weighted by Gasteiger charge is 2.43. The zero-order valence-corrected chi connectivity index (χ0v) is 27.0. The van der Waals surface area contributed by atoms with Gasteiger partial charge < -0.3 is 44.8 Å². The van der Waals surface area contributed by atoms with E-state index in [0.29, 0.717) is 68.2 Å². The number of imide groups is 1. The zero-order valence-electron chi connectivity index (χ0n) is 27.0. The van der Waals surface area contributed by atoms with Crippen LogP contribution >= 0.6 is 0 Å². The van der Waals surface area contributed by atoms with Gasteiger partial charge in [0.25, 0.3) is 11.8 Å². The normalized spacial score (nSPS) is 13.1. The molecule has 2 aromatic heterocycles. The fourth-order valence-corrected chi connectivity index (χ4v) is 4.95. The number of imidazole rings is 1. The summed E-state index contributed by atoms with van der Waals surface area (Å²) in [6.07, 6.45) is 0.934. The maximum Gasteiger partial charge on any atom is 0.327 e. The molecule has 0 saturated heterocycles. The van der Waals surface area contributed by atoms with Crippen molar-refractivity contribution in [2.45, 2.75) is 25.7 Å². The van der Waals surface area contributed by atoms with Gasteiger partial charge in [0.1, 0.15) is 18.2 Å². The lowest BCUT2D eigenvalue weighted by molar-refractivity contribution is -0.143. The number of benzene rings is 2. The summed E-state index contributed by atoms with van der Waals surface area (Å²) in [5.74, 6) is -3.12. The molecule has 3 heterocycles. The van der Waals surface area contributed by atoms with E-state index >= 15 is 0 Å². The minimum absolute atomic E-state index is 0.0899. The number of carbonyl (C=O) groups is 4. The van der Waals surface area contributed by atoms with Gasteiger partial charge in [0.15, 0.2) is 5.65 Å². The number of ether oxygens (including phenoxy) is 5. The van der Waals surface area contributed by atoms with Gasteiger partial charge in [0, 0.05) is 6.54 Å². The van der Waals surface area contributed by atoms with Crippen molar-refractivity contribution < 1.29 is 48.0 Å². The third-order valence-electron chi connectivity index (χ3n) is 7.42. The number of rotatable bonds is 21. The van der Waals surface area contributed by atoms with Crippen LogP contribution in [-0.4, -0.2) is 112 Å². The number of carbonyl (C=O) groups excluding carboxylic acids is 3. The van der Waals surface area contributed by atoms with E-state index in [2.05, 4.69) is 25.3 Å². The largest absolute Gasteiger partial charge is 0.480 e. The number of anilines is 1. The number of amides is 3. The Labute approximate surface area is 286 Å². The van der Waals surface area contributed by atoms with Crippen molar-refractivity contribution in [2.24, 2.45) is 0 Å². The Morgan fingerprint density at radius 3 is 2.02 bits per heavy atom. The molecule has 2 aromatic carbocycles. The highest BCUT2D eigenvalue weighted by molar-refractivity contribution is 6.22. The quantitative estimate of drug-likeness (QED) is 0.0714. The number of aliphatic carboxylic acids is 1. The summed E-state index contributed by atoms with van der Waals surface area (Å²) in [6, 6.07) is 12.2. The van der Waals surface area contributed by atoms with E-state index < -0.39 is 36.2 Å². The monoisotopic (exact) mass is 691 g/mol. The minimum atomic E-state index is -1.62. The molecule has 0 aliphatic carbocycles. The molecule has 5 N–H and O–H groups in total. The van der Waals surface area contributed by atoms with E-state index in [1.807, 2.05) is 24.3 Å². The molecule has 0 spiro atoms. The van der Waals surface area contributed by atoms with Crippen molar-refractivity contribution in [3.8, 4) is 5.88 Å². The lowest BCUT2D eigenvalue weighted by Crippen LogP contribution is -2.47.